The van der Waals surface area contributed by atoms with Gasteiger partial charge in [0.1, 0.15) is 5.71 Å². The molecule has 0 saturated heterocycles. The number of allylic oxidation sites excluding steroid dienone is 1. The van der Waals surface area contributed by atoms with E-state index in [0.29, 0.717) is 26.6 Å². The quantitative estimate of drug-likeness (QED) is 0.0890. The van der Waals surface area contributed by atoms with E-state index in [1.165, 1.54) is 23.5 Å². The van der Waals surface area contributed by atoms with E-state index in [0.717, 1.165) is 27.4 Å². The molecular formula is C33H32N7O3S+. The molecule has 0 aliphatic heterocycles. The maximum Gasteiger partial charge on any atom is 0.295 e. The molecule has 5 aromatic rings. The van der Waals surface area contributed by atoms with Crippen LogP contribution >= 0.6 is 11.3 Å². The predicted molar refractivity (Wildman–Crippen MR) is 175 cm³/mol. The zero-order valence-corrected chi connectivity index (χ0v) is 25.7. The van der Waals surface area contributed by atoms with Crippen molar-refractivity contribution in [3.05, 3.63) is 123 Å². The van der Waals surface area contributed by atoms with Crippen LogP contribution in [0.15, 0.2) is 102 Å². The number of carbonyl (C=O) groups excluding carboxylic acids is 1. The Hall–Kier alpha value is -5.26. The number of rotatable bonds is 10. The third-order valence-corrected chi connectivity index (χ3v) is 7.64. The molecule has 44 heavy (non-hydrogen) atoms. The Morgan fingerprint density at radius 1 is 1.00 bits per heavy atom. The van der Waals surface area contributed by atoms with Gasteiger partial charge in [0.05, 0.1) is 48.0 Å². The standard InChI is InChI=1S/C33H31N7O3S/c1-23-32(28(35-36-31(41)22-40(2,3)4)19-18-24-12-11-17-27(20-24)39(42)43)44-33(34-23)38-30(26-15-9-6-10-16-26)21-29(37-38)25-13-7-5-8-14-25/h5-21H,22H2,1-4H3/p+1. The van der Waals surface area contributed by atoms with Crippen LogP contribution in [0.1, 0.15) is 16.1 Å². The number of nitrogens with one attached hydrogen (secondary N) is 1. The average Bonchev–Trinajstić information content (AvgIpc) is 3.61. The molecule has 0 saturated carbocycles. The van der Waals surface area contributed by atoms with Crippen LogP contribution in [0, 0.1) is 17.0 Å². The maximum atomic E-state index is 12.7. The Morgan fingerprint density at radius 2 is 1.68 bits per heavy atom. The molecule has 0 fully saturated rings. The number of nitro benzene ring substituents is 1. The molecule has 3 aromatic carbocycles. The Labute approximate surface area is 259 Å². The topological polar surface area (TPSA) is 115 Å². The van der Waals surface area contributed by atoms with Gasteiger partial charge in [0.2, 0.25) is 5.13 Å². The number of amides is 1. The minimum Gasteiger partial charge on any atom is -0.323 e. The number of likely N-dealkylation sites (N-methyl/N-ethyl adjacent to an activating group) is 1. The summed E-state index contributed by atoms with van der Waals surface area (Å²) >= 11 is 1.39. The number of aryl methyl sites for hydroxylation is 1. The van der Waals surface area contributed by atoms with E-state index in [2.05, 4.69) is 10.5 Å². The molecule has 5 rings (SSSR count). The Balaban J connectivity index is 1.57. The first-order chi connectivity index (χ1) is 21.1. The fraction of sp³-hybridized carbons (Fsp3) is 0.152. The average molecular weight is 607 g/mol. The summed E-state index contributed by atoms with van der Waals surface area (Å²) in [6, 6.07) is 28.3. The van der Waals surface area contributed by atoms with E-state index in [1.807, 2.05) is 99.5 Å². The summed E-state index contributed by atoms with van der Waals surface area (Å²) in [5.74, 6) is -0.243. The molecule has 2 heterocycles. The number of carbonyl (C=O) groups is 1. The van der Waals surface area contributed by atoms with Gasteiger partial charge in [0, 0.05) is 23.3 Å². The molecule has 2 aromatic heterocycles. The van der Waals surface area contributed by atoms with Crippen LogP contribution in [0.25, 0.3) is 33.7 Å². The molecule has 10 nitrogen and oxygen atoms in total. The van der Waals surface area contributed by atoms with Gasteiger partial charge in [-0.3, -0.25) is 14.9 Å². The van der Waals surface area contributed by atoms with Crippen molar-refractivity contribution in [2.24, 2.45) is 5.10 Å². The smallest absolute Gasteiger partial charge is 0.295 e. The molecule has 0 unspecified atom stereocenters. The van der Waals surface area contributed by atoms with Gasteiger partial charge in [0.15, 0.2) is 6.54 Å². The van der Waals surface area contributed by atoms with Crippen LogP contribution in [0.5, 0.6) is 0 Å². The summed E-state index contributed by atoms with van der Waals surface area (Å²) in [5, 5.41) is 21.4. The minimum atomic E-state index is -0.435. The van der Waals surface area contributed by atoms with Crippen LogP contribution in [0.3, 0.4) is 0 Å². The maximum absolute atomic E-state index is 12.7. The van der Waals surface area contributed by atoms with Crippen molar-refractivity contribution >= 4 is 34.7 Å². The molecular weight excluding hydrogens is 574 g/mol. The van der Waals surface area contributed by atoms with Crippen molar-refractivity contribution < 1.29 is 14.2 Å². The largest absolute Gasteiger partial charge is 0.323 e. The van der Waals surface area contributed by atoms with Crippen LogP contribution < -0.4 is 5.43 Å². The summed E-state index contributed by atoms with van der Waals surface area (Å²) < 4.78 is 2.27. The Kier molecular flexibility index (Phi) is 8.88. The summed E-state index contributed by atoms with van der Waals surface area (Å²) in [7, 11) is 5.76. The lowest BCUT2D eigenvalue weighted by molar-refractivity contribution is -0.862. The lowest BCUT2D eigenvalue weighted by Crippen LogP contribution is -2.43. The Morgan fingerprint density at radius 3 is 2.34 bits per heavy atom. The summed E-state index contributed by atoms with van der Waals surface area (Å²) in [5.41, 5.74) is 8.11. The second kappa shape index (κ2) is 12.9. The molecule has 1 amide bonds. The van der Waals surface area contributed by atoms with Gasteiger partial charge >= 0.3 is 0 Å². The molecule has 0 atom stereocenters. The highest BCUT2D eigenvalue weighted by Gasteiger charge is 2.20. The van der Waals surface area contributed by atoms with Gasteiger partial charge in [-0.05, 0) is 24.6 Å². The van der Waals surface area contributed by atoms with Gasteiger partial charge in [-0.2, -0.15) is 10.2 Å². The van der Waals surface area contributed by atoms with Crippen molar-refractivity contribution in [1.82, 2.24) is 20.2 Å². The molecule has 222 valence electrons. The molecule has 11 heteroatoms. The monoisotopic (exact) mass is 606 g/mol. The van der Waals surface area contributed by atoms with Gasteiger partial charge in [0.25, 0.3) is 11.6 Å². The van der Waals surface area contributed by atoms with Crippen molar-refractivity contribution in [2.45, 2.75) is 6.92 Å². The number of thiazole rings is 1. The summed E-state index contributed by atoms with van der Waals surface area (Å²) in [6.45, 7) is 2.11. The normalized spacial score (nSPS) is 12.0. The van der Waals surface area contributed by atoms with E-state index in [4.69, 9.17) is 10.1 Å². The Bertz CT molecular complexity index is 1850. The fourth-order valence-electron chi connectivity index (χ4n) is 4.47. The van der Waals surface area contributed by atoms with Gasteiger partial charge in [-0.15, -0.1) is 0 Å². The first-order valence-electron chi connectivity index (χ1n) is 13.9. The highest BCUT2D eigenvalue weighted by Crippen LogP contribution is 2.31. The summed E-state index contributed by atoms with van der Waals surface area (Å²) in [6.07, 6.45) is 3.46. The number of benzene rings is 3. The second-order valence-electron chi connectivity index (χ2n) is 11.1. The lowest BCUT2D eigenvalue weighted by atomic mass is 10.1. The van der Waals surface area contributed by atoms with Crippen molar-refractivity contribution in [1.29, 1.82) is 0 Å². The first kappa shape index (κ1) is 30.2. The predicted octanol–water partition coefficient (Wildman–Crippen LogP) is 6.12. The molecule has 1 N–H and O–H groups in total. The number of non-ortho nitro benzene ring substituents is 1. The first-order valence-corrected chi connectivity index (χ1v) is 14.7. The van der Waals surface area contributed by atoms with Gasteiger partial charge in [-0.1, -0.05) is 90.2 Å². The molecule has 0 spiro atoms. The molecule has 0 aliphatic rings. The second-order valence-corrected chi connectivity index (χ2v) is 12.1. The van der Waals surface area contributed by atoms with Gasteiger partial charge in [-0.25, -0.2) is 15.1 Å². The molecule has 0 bridgehead atoms. The molecule has 0 radical (unpaired) electrons. The SMILES string of the molecule is Cc1nc(-n2nc(-c3ccccc3)cc2-c2ccccc2)sc1C(C=Cc1cccc([N+](=O)[O-])c1)=NNC(=O)C[N+](C)(C)C. The third-order valence-electron chi connectivity index (χ3n) is 6.48. The van der Waals surface area contributed by atoms with Crippen LogP contribution in [-0.4, -0.2) is 63.5 Å². The highest BCUT2D eigenvalue weighted by atomic mass is 32.1. The van der Waals surface area contributed by atoms with E-state index >= 15 is 0 Å². The molecule has 0 aliphatic carbocycles. The van der Waals surface area contributed by atoms with Crippen LogP contribution in [-0.2, 0) is 4.79 Å². The number of hydrogen-bond donors (Lipinski definition) is 1. The van der Waals surface area contributed by atoms with Crippen molar-refractivity contribution in [3.8, 4) is 27.6 Å². The van der Waals surface area contributed by atoms with E-state index in [-0.39, 0.29) is 18.1 Å². The van der Waals surface area contributed by atoms with Crippen molar-refractivity contribution in [2.75, 3.05) is 27.7 Å². The van der Waals surface area contributed by atoms with Crippen LogP contribution in [0.4, 0.5) is 5.69 Å². The summed E-state index contributed by atoms with van der Waals surface area (Å²) in [4.78, 5) is 29.1. The number of nitrogens with zero attached hydrogens (tertiary/aromatic N) is 6. The lowest BCUT2D eigenvalue weighted by Gasteiger charge is -2.22. The number of hydrazone groups is 1. The number of quaternary nitrogens is 1. The zero-order chi connectivity index (χ0) is 31.3. The third kappa shape index (κ3) is 7.38. The number of nitro groups is 1. The number of hydrogen-bond acceptors (Lipinski definition) is 7. The van der Waals surface area contributed by atoms with E-state index in [1.54, 1.807) is 24.3 Å². The van der Waals surface area contributed by atoms with Crippen LogP contribution in [0.2, 0.25) is 0 Å². The zero-order valence-electron chi connectivity index (χ0n) is 24.8. The fourth-order valence-corrected chi connectivity index (χ4v) is 5.47. The van der Waals surface area contributed by atoms with E-state index in [9.17, 15) is 14.9 Å². The van der Waals surface area contributed by atoms with Crippen molar-refractivity contribution in [3.63, 3.8) is 0 Å². The number of aromatic nitrogens is 3. The minimum absolute atomic E-state index is 0.0144. The van der Waals surface area contributed by atoms with Gasteiger partial charge < -0.3 is 4.48 Å². The van der Waals surface area contributed by atoms with E-state index < -0.39 is 4.92 Å². The highest BCUT2D eigenvalue weighted by molar-refractivity contribution is 7.16.